The number of nitrogens with one attached hydrogen (secondary N) is 1. The van der Waals surface area contributed by atoms with Crippen molar-refractivity contribution in [3.05, 3.63) is 53.0 Å². The fourth-order valence-corrected chi connectivity index (χ4v) is 3.24. The molecule has 0 fully saturated rings. The first-order valence-electron chi connectivity index (χ1n) is 6.16. The van der Waals surface area contributed by atoms with Crippen LogP contribution in [0.2, 0.25) is 0 Å². The van der Waals surface area contributed by atoms with Crippen LogP contribution in [-0.2, 0) is 16.6 Å². The van der Waals surface area contributed by atoms with Crippen LogP contribution in [0.5, 0.6) is 0 Å². The van der Waals surface area contributed by atoms with Crippen molar-refractivity contribution in [1.29, 1.82) is 0 Å². The van der Waals surface area contributed by atoms with E-state index in [4.69, 9.17) is 9.52 Å². The molecule has 1 aromatic heterocycles. The summed E-state index contributed by atoms with van der Waals surface area (Å²) in [5, 5.41) is 9.04. The van der Waals surface area contributed by atoms with E-state index in [1.165, 1.54) is 24.7 Å². The van der Waals surface area contributed by atoms with Gasteiger partial charge in [-0.15, -0.1) is 0 Å². The van der Waals surface area contributed by atoms with E-state index in [0.717, 1.165) is 0 Å². The molecule has 0 aliphatic carbocycles. The summed E-state index contributed by atoms with van der Waals surface area (Å²) >= 11 is 0. The molecule has 0 aliphatic heterocycles. The number of carbonyl (C=O) groups is 1. The van der Waals surface area contributed by atoms with E-state index in [0.29, 0.717) is 16.7 Å². The van der Waals surface area contributed by atoms with E-state index < -0.39 is 16.0 Å². The summed E-state index contributed by atoms with van der Waals surface area (Å²) in [6.07, 6.45) is 2.89. The predicted octanol–water partition coefficient (Wildman–Crippen LogP) is 2.07. The Morgan fingerprint density at radius 2 is 2.05 bits per heavy atom. The number of hydrogen-bond donors (Lipinski definition) is 2. The van der Waals surface area contributed by atoms with Crippen LogP contribution in [0.1, 0.15) is 27.0 Å². The molecule has 0 bridgehead atoms. The maximum atomic E-state index is 12.3. The number of rotatable bonds is 5. The summed E-state index contributed by atoms with van der Waals surface area (Å²) in [6, 6.07) is 4.27. The van der Waals surface area contributed by atoms with Gasteiger partial charge in [0.05, 0.1) is 23.0 Å². The van der Waals surface area contributed by atoms with Gasteiger partial charge >= 0.3 is 5.97 Å². The summed E-state index contributed by atoms with van der Waals surface area (Å²) in [4.78, 5) is 11.0. The van der Waals surface area contributed by atoms with Gasteiger partial charge in [-0.05, 0) is 43.2 Å². The fourth-order valence-electron chi connectivity index (χ4n) is 1.88. The molecule has 0 atom stereocenters. The quantitative estimate of drug-likeness (QED) is 0.881. The third-order valence-electron chi connectivity index (χ3n) is 3.20. The molecular weight excluding hydrogens is 294 g/mol. The van der Waals surface area contributed by atoms with Gasteiger partial charge in [0, 0.05) is 12.1 Å². The summed E-state index contributed by atoms with van der Waals surface area (Å²) in [6.45, 7) is 3.40. The number of hydrogen-bond acceptors (Lipinski definition) is 4. The molecule has 1 heterocycles. The minimum Gasteiger partial charge on any atom is -0.478 e. The first-order valence-corrected chi connectivity index (χ1v) is 7.65. The molecule has 0 amide bonds. The molecule has 2 rings (SSSR count). The maximum absolute atomic E-state index is 12.3. The van der Waals surface area contributed by atoms with Crippen LogP contribution in [0.15, 0.2) is 40.0 Å². The van der Waals surface area contributed by atoms with E-state index >= 15 is 0 Å². The smallest absolute Gasteiger partial charge is 0.335 e. The van der Waals surface area contributed by atoms with E-state index in [9.17, 15) is 13.2 Å². The minimum atomic E-state index is -3.80. The highest BCUT2D eigenvalue weighted by atomic mass is 32.2. The number of aromatic carboxylic acids is 1. The molecule has 2 N–H and O–H groups in total. The molecule has 1 aromatic carbocycles. The molecule has 0 unspecified atom stereocenters. The largest absolute Gasteiger partial charge is 0.478 e. The molecule has 0 saturated heterocycles. The molecular formula is C14H15NO5S. The highest BCUT2D eigenvalue weighted by Crippen LogP contribution is 2.21. The highest BCUT2D eigenvalue weighted by Gasteiger charge is 2.20. The minimum absolute atomic E-state index is 0.0246. The molecule has 6 nitrogen and oxygen atoms in total. The lowest BCUT2D eigenvalue weighted by molar-refractivity contribution is 0.0696. The Bertz CT molecular complexity index is 763. The molecule has 0 saturated carbocycles. The Kier molecular flexibility index (Phi) is 4.15. The summed E-state index contributed by atoms with van der Waals surface area (Å²) in [5.41, 5.74) is 1.77. The SMILES string of the molecule is Cc1cc(C(=O)O)cc(S(=O)(=O)NCc2ccoc2)c1C. The molecule has 0 aliphatic rings. The number of carboxylic acid groups (broad SMARTS) is 1. The third kappa shape index (κ3) is 3.32. The van der Waals surface area contributed by atoms with Crippen molar-refractivity contribution in [2.45, 2.75) is 25.3 Å². The number of furan rings is 1. The molecule has 0 radical (unpaired) electrons. The summed E-state index contributed by atoms with van der Waals surface area (Å²) in [7, 11) is -3.80. The maximum Gasteiger partial charge on any atom is 0.335 e. The van der Waals surface area contributed by atoms with Gasteiger partial charge in [0.25, 0.3) is 0 Å². The van der Waals surface area contributed by atoms with Gasteiger partial charge in [-0.25, -0.2) is 17.9 Å². The van der Waals surface area contributed by atoms with E-state index in [1.807, 2.05) is 0 Å². The van der Waals surface area contributed by atoms with Crippen LogP contribution in [0.3, 0.4) is 0 Å². The van der Waals surface area contributed by atoms with E-state index in [-0.39, 0.29) is 17.0 Å². The number of sulfonamides is 1. The van der Waals surface area contributed by atoms with Crippen molar-refractivity contribution in [3.63, 3.8) is 0 Å². The molecule has 2 aromatic rings. The lowest BCUT2D eigenvalue weighted by atomic mass is 10.1. The molecule has 21 heavy (non-hydrogen) atoms. The van der Waals surface area contributed by atoms with Gasteiger partial charge in [0.15, 0.2) is 0 Å². The number of carboxylic acids is 1. The Labute approximate surface area is 122 Å². The second-order valence-electron chi connectivity index (χ2n) is 4.68. The zero-order valence-corrected chi connectivity index (χ0v) is 12.4. The van der Waals surface area contributed by atoms with E-state index in [2.05, 4.69) is 4.72 Å². The van der Waals surface area contributed by atoms with Crippen LogP contribution < -0.4 is 4.72 Å². The Morgan fingerprint density at radius 3 is 2.62 bits per heavy atom. The van der Waals surface area contributed by atoms with Crippen molar-refractivity contribution < 1.29 is 22.7 Å². The molecule has 0 spiro atoms. The molecule has 112 valence electrons. The van der Waals surface area contributed by atoms with Crippen molar-refractivity contribution in [1.82, 2.24) is 4.72 Å². The average Bonchev–Trinajstić information content (AvgIpc) is 2.92. The van der Waals surface area contributed by atoms with Crippen LogP contribution in [-0.4, -0.2) is 19.5 Å². The van der Waals surface area contributed by atoms with Crippen LogP contribution >= 0.6 is 0 Å². The Balaban J connectivity index is 2.37. The lowest BCUT2D eigenvalue weighted by Crippen LogP contribution is -2.24. The van der Waals surface area contributed by atoms with Gasteiger partial charge in [0.2, 0.25) is 10.0 Å². The van der Waals surface area contributed by atoms with Crippen molar-refractivity contribution >= 4 is 16.0 Å². The van der Waals surface area contributed by atoms with Gasteiger partial charge in [-0.3, -0.25) is 0 Å². The number of benzene rings is 1. The predicted molar refractivity (Wildman–Crippen MR) is 75.6 cm³/mol. The monoisotopic (exact) mass is 309 g/mol. The van der Waals surface area contributed by atoms with Crippen LogP contribution in [0.4, 0.5) is 0 Å². The zero-order valence-electron chi connectivity index (χ0n) is 11.6. The van der Waals surface area contributed by atoms with Crippen molar-refractivity contribution in [2.24, 2.45) is 0 Å². The first kappa shape index (κ1) is 15.3. The second kappa shape index (κ2) is 5.71. The fraction of sp³-hybridized carbons (Fsp3) is 0.214. The third-order valence-corrected chi connectivity index (χ3v) is 4.73. The topological polar surface area (TPSA) is 96.6 Å². The lowest BCUT2D eigenvalue weighted by Gasteiger charge is -2.12. The Morgan fingerprint density at radius 1 is 1.33 bits per heavy atom. The highest BCUT2D eigenvalue weighted by molar-refractivity contribution is 7.89. The first-order chi connectivity index (χ1) is 9.81. The Hall–Kier alpha value is -2.12. The van der Waals surface area contributed by atoms with Gasteiger partial charge < -0.3 is 9.52 Å². The molecule has 7 heteroatoms. The van der Waals surface area contributed by atoms with Gasteiger partial charge in [0.1, 0.15) is 0 Å². The van der Waals surface area contributed by atoms with Crippen molar-refractivity contribution in [3.8, 4) is 0 Å². The van der Waals surface area contributed by atoms with Crippen LogP contribution in [0.25, 0.3) is 0 Å². The van der Waals surface area contributed by atoms with Gasteiger partial charge in [-0.2, -0.15) is 0 Å². The standard InChI is InChI=1S/C14H15NO5S/c1-9-5-12(14(16)17)6-13(10(9)2)21(18,19)15-7-11-3-4-20-8-11/h3-6,8,15H,7H2,1-2H3,(H,16,17). The summed E-state index contributed by atoms with van der Waals surface area (Å²) in [5.74, 6) is -1.16. The van der Waals surface area contributed by atoms with E-state index in [1.54, 1.807) is 19.9 Å². The van der Waals surface area contributed by atoms with Crippen molar-refractivity contribution in [2.75, 3.05) is 0 Å². The summed E-state index contributed by atoms with van der Waals surface area (Å²) < 4.78 is 32.0. The number of aryl methyl sites for hydroxylation is 1. The van der Waals surface area contributed by atoms with Crippen LogP contribution in [0, 0.1) is 13.8 Å². The second-order valence-corrected chi connectivity index (χ2v) is 6.41. The van der Waals surface area contributed by atoms with Gasteiger partial charge in [-0.1, -0.05) is 0 Å². The normalized spacial score (nSPS) is 11.5. The zero-order chi connectivity index (χ0) is 15.6. The average molecular weight is 309 g/mol.